The van der Waals surface area contributed by atoms with Crippen molar-refractivity contribution in [3.05, 3.63) is 28.8 Å². The maximum atomic E-state index is 13.5. The number of hydrogen-bond acceptors (Lipinski definition) is 3. The SMILES string of the molecule is O=C(O)N1CCN(Cc2cc(Cl)ccc2N2CCCC2)C(C(C(F)(F)F)C(F)(F)F)C1. The Bertz CT molecular complexity index is 784. The predicted octanol–water partition coefficient (Wildman–Crippen LogP) is 4.85. The molecule has 0 saturated carbocycles. The Balaban J connectivity index is 1.96. The second-order valence-electron chi connectivity index (χ2n) is 7.79. The van der Waals surface area contributed by atoms with E-state index >= 15 is 0 Å². The van der Waals surface area contributed by atoms with E-state index in [9.17, 15) is 31.1 Å². The van der Waals surface area contributed by atoms with Gasteiger partial charge in [0, 0.05) is 56.0 Å². The van der Waals surface area contributed by atoms with Crippen LogP contribution in [0, 0.1) is 5.92 Å². The molecule has 1 atom stereocenters. The molecule has 0 spiro atoms. The standard InChI is InChI=1S/C19H22ClF6N3O2/c20-13-3-4-14(27-5-1-2-6-27)12(9-13)10-28-7-8-29(17(30)31)11-15(28)16(18(21,22)23)19(24,25)26/h3-4,9,15-16H,1-2,5-8,10-11H2,(H,30,31). The molecule has 1 N–H and O–H groups in total. The number of piperazine rings is 1. The first-order valence-electron chi connectivity index (χ1n) is 9.76. The third-order valence-corrected chi connectivity index (χ3v) is 5.99. The van der Waals surface area contributed by atoms with E-state index in [0.29, 0.717) is 15.5 Å². The van der Waals surface area contributed by atoms with Gasteiger partial charge in [0.15, 0.2) is 5.92 Å². The van der Waals surface area contributed by atoms with Crippen LogP contribution in [0.15, 0.2) is 18.2 Å². The molecule has 2 aliphatic heterocycles. The highest BCUT2D eigenvalue weighted by Crippen LogP contribution is 2.44. The molecule has 2 fully saturated rings. The third-order valence-electron chi connectivity index (χ3n) is 5.76. The van der Waals surface area contributed by atoms with Gasteiger partial charge in [-0.05, 0) is 36.6 Å². The molecule has 1 unspecified atom stereocenters. The lowest BCUT2D eigenvalue weighted by atomic mass is 9.93. The second kappa shape index (κ2) is 8.93. The number of halogens is 7. The van der Waals surface area contributed by atoms with Crippen LogP contribution < -0.4 is 4.90 Å². The molecule has 5 nitrogen and oxygen atoms in total. The van der Waals surface area contributed by atoms with Gasteiger partial charge < -0.3 is 14.9 Å². The Morgan fingerprint density at radius 1 is 1.06 bits per heavy atom. The number of amides is 1. The van der Waals surface area contributed by atoms with E-state index in [2.05, 4.69) is 0 Å². The molecule has 1 amide bonds. The summed E-state index contributed by atoms with van der Waals surface area (Å²) in [5.41, 5.74) is 1.24. The van der Waals surface area contributed by atoms with Crippen molar-refractivity contribution in [3.8, 4) is 0 Å². The van der Waals surface area contributed by atoms with Crippen molar-refractivity contribution in [1.82, 2.24) is 9.80 Å². The van der Waals surface area contributed by atoms with Gasteiger partial charge in [-0.25, -0.2) is 4.79 Å². The molecule has 31 heavy (non-hydrogen) atoms. The Kier molecular flexibility index (Phi) is 6.85. The molecule has 12 heteroatoms. The van der Waals surface area contributed by atoms with Crippen LogP contribution in [0.1, 0.15) is 18.4 Å². The van der Waals surface area contributed by atoms with Crippen LogP contribution in [-0.2, 0) is 6.54 Å². The van der Waals surface area contributed by atoms with E-state index in [1.165, 1.54) is 0 Å². The molecule has 1 aromatic carbocycles. The monoisotopic (exact) mass is 473 g/mol. The highest BCUT2D eigenvalue weighted by molar-refractivity contribution is 6.30. The Hall–Kier alpha value is -1.88. The number of benzene rings is 1. The van der Waals surface area contributed by atoms with Crippen LogP contribution in [-0.4, -0.2) is 72.1 Å². The average Bonchev–Trinajstić information content (AvgIpc) is 3.15. The molecule has 0 aliphatic carbocycles. The van der Waals surface area contributed by atoms with Gasteiger partial charge in [0.2, 0.25) is 0 Å². The summed E-state index contributed by atoms with van der Waals surface area (Å²) in [6.45, 7) is -0.0670. The number of rotatable bonds is 4. The zero-order chi connectivity index (χ0) is 23.0. The number of nitrogens with zero attached hydrogens (tertiary/aromatic N) is 3. The molecule has 2 saturated heterocycles. The fourth-order valence-electron chi connectivity index (χ4n) is 4.32. The van der Waals surface area contributed by atoms with E-state index in [0.717, 1.165) is 36.5 Å². The average molecular weight is 474 g/mol. The maximum Gasteiger partial charge on any atom is 0.407 e. The minimum Gasteiger partial charge on any atom is -0.465 e. The van der Waals surface area contributed by atoms with Crippen molar-refractivity contribution in [2.75, 3.05) is 37.6 Å². The molecular weight excluding hydrogens is 452 g/mol. The van der Waals surface area contributed by atoms with Gasteiger partial charge in [0.05, 0.1) is 0 Å². The molecule has 2 heterocycles. The summed E-state index contributed by atoms with van der Waals surface area (Å²) in [6, 6.07) is 2.80. The number of anilines is 1. The lowest BCUT2D eigenvalue weighted by Crippen LogP contribution is -2.62. The van der Waals surface area contributed by atoms with Crippen LogP contribution in [0.25, 0.3) is 0 Å². The van der Waals surface area contributed by atoms with E-state index in [1.807, 2.05) is 4.90 Å². The van der Waals surface area contributed by atoms with Crippen molar-refractivity contribution >= 4 is 23.4 Å². The number of alkyl halides is 6. The summed E-state index contributed by atoms with van der Waals surface area (Å²) < 4.78 is 80.9. The molecule has 0 radical (unpaired) electrons. The van der Waals surface area contributed by atoms with Crippen molar-refractivity contribution in [1.29, 1.82) is 0 Å². The second-order valence-corrected chi connectivity index (χ2v) is 8.23. The van der Waals surface area contributed by atoms with E-state index in [4.69, 9.17) is 16.7 Å². The summed E-state index contributed by atoms with van der Waals surface area (Å²) in [6.07, 6.45) is -10.8. The highest BCUT2D eigenvalue weighted by atomic mass is 35.5. The Labute approximate surface area is 180 Å². The van der Waals surface area contributed by atoms with Gasteiger partial charge in [-0.2, -0.15) is 26.3 Å². The van der Waals surface area contributed by atoms with Gasteiger partial charge in [0.1, 0.15) is 0 Å². The molecule has 3 rings (SSSR count). The van der Waals surface area contributed by atoms with Crippen LogP contribution in [0.3, 0.4) is 0 Å². The zero-order valence-corrected chi connectivity index (χ0v) is 17.1. The fraction of sp³-hybridized carbons (Fsp3) is 0.632. The van der Waals surface area contributed by atoms with Crippen LogP contribution >= 0.6 is 11.6 Å². The quantitative estimate of drug-likeness (QED) is 0.635. The lowest BCUT2D eigenvalue weighted by Gasteiger charge is -2.45. The summed E-state index contributed by atoms with van der Waals surface area (Å²) in [5.74, 6) is -3.67. The van der Waals surface area contributed by atoms with Crippen LogP contribution in [0.4, 0.5) is 36.8 Å². The molecule has 174 valence electrons. The minimum absolute atomic E-state index is 0.187. The normalized spacial score (nSPS) is 21.2. The Morgan fingerprint density at radius 2 is 1.68 bits per heavy atom. The summed E-state index contributed by atoms with van der Waals surface area (Å²) in [5, 5.41) is 9.49. The topological polar surface area (TPSA) is 47.0 Å². The van der Waals surface area contributed by atoms with Gasteiger partial charge in [-0.15, -0.1) is 0 Å². The van der Waals surface area contributed by atoms with E-state index in [1.54, 1.807) is 18.2 Å². The van der Waals surface area contributed by atoms with Crippen LogP contribution in [0.5, 0.6) is 0 Å². The molecule has 2 aliphatic rings. The van der Waals surface area contributed by atoms with Gasteiger partial charge in [-0.1, -0.05) is 11.6 Å². The molecular formula is C19H22ClF6N3O2. The lowest BCUT2D eigenvalue weighted by molar-refractivity contribution is -0.302. The fourth-order valence-corrected chi connectivity index (χ4v) is 4.52. The van der Waals surface area contributed by atoms with Gasteiger partial charge in [0.25, 0.3) is 0 Å². The summed E-state index contributed by atoms with van der Waals surface area (Å²) >= 11 is 6.07. The summed E-state index contributed by atoms with van der Waals surface area (Å²) in [4.78, 5) is 15.0. The Morgan fingerprint density at radius 3 is 2.23 bits per heavy atom. The first-order chi connectivity index (χ1) is 14.4. The molecule has 0 aromatic heterocycles. The maximum absolute atomic E-state index is 13.5. The van der Waals surface area contributed by atoms with Gasteiger partial charge in [-0.3, -0.25) is 4.90 Å². The minimum atomic E-state index is -5.57. The van der Waals surface area contributed by atoms with Crippen molar-refractivity contribution < 1.29 is 36.2 Å². The van der Waals surface area contributed by atoms with Crippen molar-refractivity contribution in [3.63, 3.8) is 0 Å². The zero-order valence-electron chi connectivity index (χ0n) is 16.4. The number of carboxylic acid groups (broad SMARTS) is 1. The molecule has 1 aromatic rings. The molecule has 0 bridgehead atoms. The van der Waals surface area contributed by atoms with Gasteiger partial charge >= 0.3 is 18.4 Å². The largest absolute Gasteiger partial charge is 0.465 e. The number of hydrogen-bond donors (Lipinski definition) is 1. The first kappa shape index (κ1) is 23.8. The summed E-state index contributed by atoms with van der Waals surface area (Å²) in [7, 11) is 0. The highest BCUT2D eigenvalue weighted by Gasteiger charge is 2.62. The third kappa shape index (κ3) is 5.49. The smallest absolute Gasteiger partial charge is 0.407 e. The first-order valence-corrected chi connectivity index (χ1v) is 10.1. The van der Waals surface area contributed by atoms with E-state index < -0.39 is 37.0 Å². The van der Waals surface area contributed by atoms with E-state index in [-0.39, 0.29) is 19.6 Å². The predicted molar refractivity (Wildman–Crippen MR) is 102 cm³/mol. The van der Waals surface area contributed by atoms with Crippen LogP contribution in [0.2, 0.25) is 5.02 Å². The van der Waals surface area contributed by atoms with Crippen molar-refractivity contribution in [2.24, 2.45) is 5.92 Å². The van der Waals surface area contributed by atoms with Crippen molar-refractivity contribution in [2.45, 2.75) is 37.8 Å². The number of carbonyl (C=O) groups is 1.